The number of amides is 3. The number of anilines is 1. The van der Waals surface area contributed by atoms with E-state index in [2.05, 4.69) is 17.6 Å². The van der Waals surface area contributed by atoms with Crippen LogP contribution >= 0.6 is 0 Å². The average Bonchev–Trinajstić information content (AvgIpc) is 2.95. The van der Waals surface area contributed by atoms with Gasteiger partial charge in [-0.25, -0.2) is 4.79 Å². The van der Waals surface area contributed by atoms with Crippen LogP contribution in [0.25, 0.3) is 0 Å². The summed E-state index contributed by atoms with van der Waals surface area (Å²) in [6.45, 7) is 15.5. The van der Waals surface area contributed by atoms with Crippen LogP contribution in [0.4, 0.5) is 10.5 Å². The minimum atomic E-state index is -1.04. The van der Waals surface area contributed by atoms with Crippen molar-refractivity contribution in [2.75, 3.05) is 11.9 Å². The molecular weight excluding hydrogens is 566 g/mol. The van der Waals surface area contributed by atoms with Gasteiger partial charge in [0.05, 0.1) is 0 Å². The maximum Gasteiger partial charge on any atom is 0.408 e. The summed E-state index contributed by atoms with van der Waals surface area (Å²) in [5.74, 6) is -0.620. The summed E-state index contributed by atoms with van der Waals surface area (Å²) in [6, 6.07) is 16.2. The topological polar surface area (TPSA) is 108 Å². The lowest BCUT2D eigenvalue weighted by Gasteiger charge is -2.36. The van der Waals surface area contributed by atoms with E-state index in [0.717, 1.165) is 46.2 Å². The zero-order valence-corrected chi connectivity index (χ0v) is 28.0. The quantitative estimate of drug-likeness (QED) is 0.183. The lowest BCUT2D eigenvalue weighted by molar-refractivity contribution is -0.141. The Morgan fingerprint density at radius 3 is 1.93 bits per heavy atom. The number of nitrogens with zero attached hydrogens (tertiary/aromatic N) is 1. The Morgan fingerprint density at radius 2 is 1.40 bits per heavy atom. The van der Waals surface area contributed by atoms with Gasteiger partial charge in [-0.05, 0) is 100 Å². The third-order valence-electron chi connectivity index (χ3n) is 7.76. The molecule has 0 aromatic heterocycles. The second-order valence-corrected chi connectivity index (χ2v) is 12.8. The highest BCUT2D eigenvalue weighted by Gasteiger charge is 2.37. The number of hydrogen-bond acceptors (Lipinski definition) is 5. The molecule has 0 heterocycles. The Labute approximate surface area is 268 Å². The number of carbonyl (C=O) groups excluding carboxylic acids is 3. The number of phenols is 1. The van der Waals surface area contributed by atoms with E-state index in [1.165, 1.54) is 0 Å². The van der Waals surface area contributed by atoms with Crippen molar-refractivity contribution < 1.29 is 24.2 Å². The van der Waals surface area contributed by atoms with Crippen LogP contribution in [-0.2, 0) is 20.7 Å². The predicted octanol–water partition coefficient (Wildman–Crippen LogP) is 7.46. The smallest absolute Gasteiger partial charge is 0.408 e. The van der Waals surface area contributed by atoms with Gasteiger partial charge in [-0.2, -0.15) is 0 Å². The summed E-state index contributed by atoms with van der Waals surface area (Å²) < 4.78 is 5.55. The summed E-state index contributed by atoms with van der Waals surface area (Å²) in [5.41, 5.74) is 5.05. The van der Waals surface area contributed by atoms with Crippen LogP contribution < -0.4 is 10.6 Å². The van der Waals surface area contributed by atoms with Crippen molar-refractivity contribution in [3.05, 3.63) is 94.0 Å². The Bertz CT molecular complexity index is 1440. The van der Waals surface area contributed by atoms with Crippen molar-refractivity contribution in [2.24, 2.45) is 0 Å². The molecule has 8 heteroatoms. The molecule has 0 fully saturated rings. The second kappa shape index (κ2) is 15.6. The summed E-state index contributed by atoms with van der Waals surface area (Å²) in [6.07, 6.45) is 1.89. The molecule has 3 aromatic carbocycles. The number of para-hydroxylation sites is 1. The molecular formula is C37H49N3O5. The number of aromatic hydroxyl groups is 1. The average molecular weight is 616 g/mol. The van der Waals surface area contributed by atoms with Gasteiger partial charge < -0.3 is 25.4 Å². The fraction of sp³-hybridized carbons (Fsp3) is 0.432. The lowest BCUT2D eigenvalue weighted by Crippen LogP contribution is -2.53. The number of aryl methyl sites for hydroxylation is 4. The molecule has 3 aromatic rings. The first-order chi connectivity index (χ1) is 21.2. The van der Waals surface area contributed by atoms with E-state index < -0.39 is 29.7 Å². The summed E-state index contributed by atoms with van der Waals surface area (Å²) in [4.78, 5) is 43.9. The van der Waals surface area contributed by atoms with Crippen molar-refractivity contribution in [2.45, 2.75) is 98.8 Å². The Balaban J connectivity index is 2.15. The predicted molar refractivity (Wildman–Crippen MR) is 179 cm³/mol. The number of unbranched alkanes of at least 4 members (excludes halogenated alkanes) is 2. The number of alkyl carbamates (subject to hydrolysis) is 1. The summed E-state index contributed by atoms with van der Waals surface area (Å²) in [7, 11) is 0. The standard InChI is InChI=1S/C37H49N3O5/c1-9-10-11-22-40(35(43)30(38-36(44)45-37(6,7)8)23-28-18-20-29(41)21-19-28)33(31-24(2)14-12-15-25(31)3)34(42)39-32-26(4)16-13-17-27(32)5/h12-21,30,33,41H,9-11,22-23H2,1-8H3,(H,38,44)(H,39,42). The van der Waals surface area contributed by atoms with Crippen LogP contribution in [0.15, 0.2) is 60.7 Å². The number of benzene rings is 3. The van der Waals surface area contributed by atoms with Crippen LogP contribution in [0, 0.1) is 27.7 Å². The van der Waals surface area contributed by atoms with Gasteiger partial charge in [0.2, 0.25) is 5.91 Å². The Kier molecular flexibility index (Phi) is 12.2. The second-order valence-electron chi connectivity index (χ2n) is 12.8. The molecule has 3 rings (SSSR count). The van der Waals surface area contributed by atoms with E-state index in [1.807, 2.05) is 64.1 Å². The van der Waals surface area contributed by atoms with E-state index in [9.17, 15) is 19.5 Å². The number of carbonyl (C=O) groups is 3. The van der Waals surface area contributed by atoms with Crippen molar-refractivity contribution in [1.82, 2.24) is 10.2 Å². The molecule has 2 atom stereocenters. The molecule has 2 unspecified atom stereocenters. The summed E-state index contributed by atoms with van der Waals surface area (Å²) >= 11 is 0. The highest BCUT2D eigenvalue weighted by atomic mass is 16.6. The van der Waals surface area contributed by atoms with Crippen molar-refractivity contribution in [1.29, 1.82) is 0 Å². The number of rotatable bonds is 12. The van der Waals surface area contributed by atoms with Crippen LogP contribution in [0.5, 0.6) is 5.75 Å². The van der Waals surface area contributed by atoms with E-state index in [4.69, 9.17) is 4.74 Å². The van der Waals surface area contributed by atoms with E-state index in [0.29, 0.717) is 18.7 Å². The van der Waals surface area contributed by atoms with E-state index in [1.54, 1.807) is 49.9 Å². The van der Waals surface area contributed by atoms with Gasteiger partial charge >= 0.3 is 6.09 Å². The largest absolute Gasteiger partial charge is 0.508 e. The molecule has 0 spiro atoms. The fourth-order valence-corrected chi connectivity index (χ4v) is 5.51. The van der Waals surface area contributed by atoms with Crippen LogP contribution in [0.3, 0.4) is 0 Å². The zero-order valence-electron chi connectivity index (χ0n) is 28.0. The minimum Gasteiger partial charge on any atom is -0.508 e. The van der Waals surface area contributed by atoms with Crippen LogP contribution in [0.1, 0.15) is 86.4 Å². The maximum absolute atomic E-state index is 14.8. The first-order valence-corrected chi connectivity index (χ1v) is 15.7. The van der Waals surface area contributed by atoms with Gasteiger partial charge in [0.25, 0.3) is 5.91 Å². The molecule has 0 saturated heterocycles. The molecule has 3 N–H and O–H groups in total. The van der Waals surface area contributed by atoms with Gasteiger partial charge in [0.1, 0.15) is 23.4 Å². The SMILES string of the molecule is CCCCCN(C(=O)C(Cc1ccc(O)cc1)NC(=O)OC(C)(C)C)C(C(=O)Nc1c(C)cccc1C)c1c(C)cccc1C. The lowest BCUT2D eigenvalue weighted by atomic mass is 9.92. The van der Waals surface area contributed by atoms with Gasteiger partial charge in [-0.15, -0.1) is 0 Å². The highest BCUT2D eigenvalue weighted by molar-refractivity contribution is 6.00. The van der Waals surface area contributed by atoms with E-state index in [-0.39, 0.29) is 18.1 Å². The van der Waals surface area contributed by atoms with Crippen LogP contribution in [-0.4, -0.2) is 46.1 Å². The molecule has 0 saturated carbocycles. The van der Waals surface area contributed by atoms with Gasteiger partial charge in [-0.1, -0.05) is 68.3 Å². The number of hydrogen-bond donors (Lipinski definition) is 3. The van der Waals surface area contributed by atoms with Crippen molar-refractivity contribution >= 4 is 23.6 Å². The van der Waals surface area contributed by atoms with Crippen molar-refractivity contribution in [3.8, 4) is 5.75 Å². The molecule has 3 amide bonds. The number of ether oxygens (including phenoxy) is 1. The Morgan fingerprint density at radius 1 is 0.844 bits per heavy atom. The normalized spacial score (nSPS) is 12.6. The third-order valence-corrected chi connectivity index (χ3v) is 7.76. The van der Waals surface area contributed by atoms with Crippen LogP contribution in [0.2, 0.25) is 0 Å². The Hall–Kier alpha value is -4.33. The summed E-state index contributed by atoms with van der Waals surface area (Å²) in [5, 5.41) is 15.8. The number of phenolic OH excluding ortho intramolecular Hbond substituents is 1. The molecule has 0 aliphatic carbocycles. The van der Waals surface area contributed by atoms with E-state index >= 15 is 0 Å². The molecule has 0 bridgehead atoms. The zero-order chi connectivity index (χ0) is 33.3. The number of nitrogens with one attached hydrogen (secondary N) is 2. The molecule has 0 radical (unpaired) electrons. The molecule has 0 aliphatic rings. The minimum absolute atomic E-state index is 0.0983. The van der Waals surface area contributed by atoms with Gasteiger partial charge in [-0.3, -0.25) is 9.59 Å². The first kappa shape index (κ1) is 35.2. The van der Waals surface area contributed by atoms with Gasteiger partial charge in [0, 0.05) is 18.7 Å². The monoisotopic (exact) mass is 615 g/mol. The third kappa shape index (κ3) is 9.83. The first-order valence-electron chi connectivity index (χ1n) is 15.7. The van der Waals surface area contributed by atoms with Crippen molar-refractivity contribution in [3.63, 3.8) is 0 Å². The highest BCUT2D eigenvalue weighted by Crippen LogP contribution is 2.32. The van der Waals surface area contributed by atoms with Gasteiger partial charge in [0.15, 0.2) is 0 Å². The fourth-order valence-electron chi connectivity index (χ4n) is 5.51. The molecule has 45 heavy (non-hydrogen) atoms. The molecule has 8 nitrogen and oxygen atoms in total. The maximum atomic E-state index is 14.8. The molecule has 242 valence electrons. The molecule has 0 aliphatic heterocycles.